The number of rotatable bonds is 2. The molecule has 0 aliphatic heterocycles. The van der Waals surface area contributed by atoms with Crippen LogP contribution in [0.3, 0.4) is 0 Å². The van der Waals surface area contributed by atoms with Gasteiger partial charge in [0.2, 0.25) is 0 Å². The third-order valence-corrected chi connectivity index (χ3v) is 3.31. The number of hydrogen-bond acceptors (Lipinski definition) is 4. The summed E-state index contributed by atoms with van der Waals surface area (Å²) < 4.78 is 14.4. The van der Waals surface area contributed by atoms with Gasteiger partial charge >= 0.3 is 0 Å². The molecule has 0 spiro atoms. The van der Waals surface area contributed by atoms with Crippen LogP contribution in [-0.4, -0.2) is 20.3 Å². The van der Waals surface area contributed by atoms with Gasteiger partial charge in [-0.3, -0.25) is 9.20 Å². The summed E-state index contributed by atoms with van der Waals surface area (Å²) in [4.78, 5) is 19.3. The maximum absolute atomic E-state index is 13.0. The highest BCUT2D eigenvalue weighted by atomic mass is 35.5. The molecule has 0 unspecified atom stereocenters. The van der Waals surface area contributed by atoms with Crippen LogP contribution < -0.4 is 11.5 Å². The molecule has 0 fully saturated rings. The van der Waals surface area contributed by atoms with Crippen molar-refractivity contribution in [3.63, 3.8) is 0 Å². The molecule has 0 aliphatic carbocycles. The maximum Gasteiger partial charge on any atom is 0.268 e. The Morgan fingerprint density at radius 3 is 2.52 bits per heavy atom. The van der Waals surface area contributed by atoms with Crippen molar-refractivity contribution in [2.75, 3.05) is 5.73 Å². The Morgan fingerprint density at radius 2 is 1.90 bits per heavy atom. The predicted molar refractivity (Wildman–Crippen MR) is 76.3 cm³/mol. The van der Waals surface area contributed by atoms with Crippen LogP contribution in [0.4, 0.5) is 10.2 Å². The zero-order chi connectivity index (χ0) is 15.1. The molecule has 0 saturated carbocycles. The third-order valence-electron chi connectivity index (χ3n) is 2.94. The van der Waals surface area contributed by atoms with Crippen LogP contribution in [0.5, 0.6) is 0 Å². The summed E-state index contributed by atoms with van der Waals surface area (Å²) in [5, 5.41) is 0.200. The van der Waals surface area contributed by atoms with E-state index in [9.17, 15) is 9.18 Å². The molecule has 3 rings (SSSR count). The molecule has 0 bridgehead atoms. The molecule has 8 heteroatoms. The number of nitrogens with zero attached hydrogens (tertiary/aromatic N) is 3. The number of anilines is 1. The fourth-order valence-electron chi connectivity index (χ4n) is 1.95. The smallest absolute Gasteiger partial charge is 0.268 e. The molecule has 1 amide bonds. The van der Waals surface area contributed by atoms with E-state index in [1.165, 1.54) is 34.9 Å². The van der Waals surface area contributed by atoms with Crippen LogP contribution in [0.15, 0.2) is 30.5 Å². The number of carbonyl (C=O) groups excluding carboxylic acids is 1. The number of halogens is 2. The number of fused-ring (bicyclic) bond motifs is 1. The lowest BCUT2D eigenvalue weighted by molar-refractivity contribution is 0.0996. The van der Waals surface area contributed by atoms with Crippen LogP contribution in [0.25, 0.3) is 16.9 Å². The Hall–Kier alpha value is -2.67. The van der Waals surface area contributed by atoms with Crippen molar-refractivity contribution in [1.82, 2.24) is 14.4 Å². The molecule has 21 heavy (non-hydrogen) atoms. The number of primary amides is 1. The summed E-state index contributed by atoms with van der Waals surface area (Å²) in [7, 11) is 0. The van der Waals surface area contributed by atoms with E-state index in [0.29, 0.717) is 11.3 Å². The van der Waals surface area contributed by atoms with Crippen LogP contribution in [-0.2, 0) is 0 Å². The first-order valence-electron chi connectivity index (χ1n) is 5.87. The molecule has 0 atom stereocenters. The first-order valence-corrected chi connectivity index (χ1v) is 6.25. The zero-order valence-electron chi connectivity index (χ0n) is 10.5. The van der Waals surface area contributed by atoms with E-state index in [0.717, 1.165) is 0 Å². The summed E-state index contributed by atoms with van der Waals surface area (Å²) in [6.45, 7) is 0. The van der Waals surface area contributed by atoms with Crippen LogP contribution >= 0.6 is 11.6 Å². The molecule has 2 aromatic heterocycles. The Balaban J connectivity index is 2.27. The molecule has 1 aromatic carbocycles. The minimum atomic E-state index is -0.697. The average Bonchev–Trinajstić information content (AvgIpc) is 2.90. The molecule has 4 N–H and O–H groups in total. The van der Waals surface area contributed by atoms with Crippen molar-refractivity contribution >= 4 is 29.0 Å². The normalized spacial score (nSPS) is 11.0. The zero-order valence-corrected chi connectivity index (χ0v) is 11.3. The van der Waals surface area contributed by atoms with Crippen LogP contribution in [0, 0.1) is 5.82 Å². The SMILES string of the molecule is NC(=O)c1cn2c(Cl)c(-c3ccc(F)cc3)nc(N)c2n1. The molecule has 0 saturated heterocycles. The minimum Gasteiger partial charge on any atom is -0.381 e. The number of nitrogens with two attached hydrogens (primary N) is 2. The third kappa shape index (κ3) is 2.17. The molecule has 6 nitrogen and oxygen atoms in total. The van der Waals surface area contributed by atoms with Gasteiger partial charge in [-0.2, -0.15) is 0 Å². The molecular weight excluding hydrogens is 297 g/mol. The average molecular weight is 306 g/mol. The molecule has 3 aromatic rings. The van der Waals surface area contributed by atoms with Crippen LogP contribution in [0.1, 0.15) is 10.5 Å². The molecule has 2 heterocycles. The van der Waals surface area contributed by atoms with Crippen molar-refractivity contribution in [2.45, 2.75) is 0 Å². The molecule has 0 radical (unpaired) electrons. The molecule has 106 valence electrons. The van der Waals surface area contributed by atoms with E-state index in [1.807, 2.05) is 0 Å². The largest absolute Gasteiger partial charge is 0.381 e. The van der Waals surface area contributed by atoms with Gasteiger partial charge in [0.15, 0.2) is 11.5 Å². The highest BCUT2D eigenvalue weighted by Crippen LogP contribution is 2.29. The van der Waals surface area contributed by atoms with Crippen molar-refractivity contribution in [3.05, 3.63) is 47.1 Å². The summed E-state index contributed by atoms with van der Waals surface area (Å²) in [5.41, 5.74) is 12.2. The van der Waals surface area contributed by atoms with E-state index in [-0.39, 0.29) is 28.1 Å². The van der Waals surface area contributed by atoms with E-state index in [1.54, 1.807) is 0 Å². The lowest BCUT2D eigenvalue weighted by Crippen LogP contribution is -2.10. The summed E-state index contributed by atoms with van der Waals surface area (Å²) in [5.74, 6) is -0.980. The van der Waals surface area contributed by atoms with E-state index < -0.39 is 5.91 Å². The van der Waals surface area contributed by atoms with E-state index in [2.05, 4.69) is 9.97 Å². The summed E-state index contributed by atoms with van der Waals surface area (Å²) in [6, 6.07) is 5.63. The molecule has 0 aliphatic rings. The second-order valence-electron chi connectivity index (χ2n) is 4.33. The number of amides is 1. The monoisotopic (exact) mass is 305 g/mol. The van der Waals surface area contributed by atoms with Gasteiger partial charge in [-0.05, 0) is 24.3 Å². The lowest BCUT2D eigenvalue weighted by Gasteiger charge is -2.07. The highest BCUT2D eigenvalue weighted by molar-refractivity contribution is 6.32. The van der Waals surface area contributed by atoms with Crippen LogP contribution in [0.2, 0.25) is 5.15 Å². The van der Waals surface area contributed by atoms with Gasteiger partial charge in [-0.15, -0.1) is 0 Å². The minimum absolute atomic E-state index is 0.0293. The van der Waals surface area contributed by atoms with Crippen molar-refractivity contribution in [1.29, 1.82) is 0 Å². The van der Waals surface area contributed by atoms with Gasteiger partial charge < -0.3 is 11.5 Å². The first-order chi connectivity index (χ1) is 9.97. The number of carbonyl (C=O) groups is 1. The second kappa shape index (κ2) is 4.71. The predicted octanol–water partition coefficient (Wildman–Crippen LogP) is 1.87. The first kappa shape index (κ1) is 13.3. The standard InChI is InChI=1S/C13H9ClFN5O/c14-10-9(6-1-3-7(15)4-2-6)19-11(16)13-18-8(12(17)21)5-20(10)13/h1-5H,(H2,16,19)(H2,17,21). The number of nitrogen functional groups attached to an aromatic ring is 1. The Morgan fingerprint density at radius 1 is 1.24 bits per heavy atom. The van der Waals surface area contributed by atoms with Gasteiger partial charge in [-0.25, -0.2) is 14.4 Å². The number of benzene rings is 1. The van der Waals surface area contributed by atoms with Gasteiger partial charge in [0, 0.05) is 11.8 Å². The number of aromatic nitrogens is 3. The van der Waals surface area contributed by atoms with Gasteiger partial charge in [-0.1, -0.05) is 11.6 Å². The fourth-order valence-corrected chi connectivity index (χ4v) is 2.23. The number of hydrogen-bond donors (Lipinski definition) is 2. The number of imidazole rings is 1. The second-order valence-corrected chi connectivity index (χ2v) is 4.69. The quantitative estimate of drug-likeness (QED) is 0.755. The van der Waals surface area contributed by atoms with Gasteiger partial charge in [0.1, 0.15) is 22.4 Å². The Labute approximate surface area is 123 Å². The molecular formula is C13H9ClFN5O. The van der Waals surface area contributed by atoms with Crippen molar-refractivity contribution in [2.24, 2.45) is 5.73 Å². The Kier molecular flexibility index (Phi) is 2.99. The van der Waals surface area contributed by atoms with Crippen molar-refractivity contribution < 1.29 is 9.18 Å². The lowest BCUT2D eigenvalue weighted by atomic mass is 10.1. The fraction of sp³-hybridized carbons (Fsp3) is 0. The van der Waals surface area contributed by atoms with E-state index >= 15 is 0 Å². The van der Waals surface area contributed by atoms with E-state index in [4.69, 9.17) is 23.1 Å². The maximum atomic E-state index is 13.0. The Bertz CT molecular complexity index is 859. The van der Waals surface area contributed by atoms with Crippen molar-refractivity contribution in [3.8, 4) is 11.3 Å². The topological polar surface area (TPSA) is 99.3 Å². The van der Waals surface area contributed by atoms with Gasteiger partial charge in [0.25, 0.3) is 5.91 Å². The summed E-state index contributed by atoms with van der Waals surface area (Å²) in [6.07, 6.45) is 1.38. The summed E-state index contributed by atoms with van der Waals surface area (Å²) >= 11 is 6.26. The van der Waals surface area contributed by atoms with Gasteiger partial charge in [0.05, 0.1) is 0 Å². The highest BCUT2D eigenvalue weighted by Gasteiger charge is 2.17.